The molecule has 2 aromatic carbocycles. The van der Waals surface area contributed by atoms with Crippen LogP contribution in [0.5, 0.6) is 0 Å². The lowest BCUT2D eigenvalue weighted by molar-refractivity contribution is -0.116. The normalized spacial score (nSPS) is 10.8. The Morgan fingerprint density at radius 1 is 1.12 bits per heavy atom. The molecule has 0 aromatic heterocycles. The number of carbonyl (C=O) groups is 1. The number of aliphatic hydroxyl groups excluding tert-OH is 1. The summed E-state index contributed by atoms with van der Waals surface area (Å²) in [4.78, 5) is 13.9. The summed E-state index contributed by atoms with van der Waals surface area (Å²) in [5.74, 6) is 0.00387. The molecule has 0 atom stereocenters. The van der Waals surface area contributed by atoms with Gasteiger partial charge < -0.3 is 15.3 Å². The van der Waals surface area contributed by atoms with E-state index in [2.05, 4.69) is 5.32 Å². The van der Waals surface area contributed by atoms with Crippen LogP contribution in [0.25, 0.3) is 6.08 Å². The van der Waals surface area contributed by atoms with Gasteiger partial charge in [0.05, 0.1) is 6.61 Å². The zero-order chi connectivity index (χ0) is 17.2. The Kier molecular flexibility index (Phi) is 7.05. The van der Waals surface area contributed by atoms with Gasteiger partial charge in [0.15, 0.2) is 0 Å². The smallest absolute Gasteiger partial charge is 0.224 e. The Labute approximate surface area is 143 Å². The van der Waals surface area contributed by atoms with Gasteiger partial charge in [-0.2, -0.15) is 0 Å². The van der Waals surface area contributed by atoms with Crippen LogP contribution in [0.2, 0.25) is 0 Å². The lowest BCUT2D eigenvalue weighted by atomic mass is 10.2. The number of hydrogen-bond acceptors (Lipinski definition) is 3. The zero-order valence-electron chi connectivity index (χ0n) is 14.0. The molecule has 0 saturated heterocycles. The molecule has 0 aliphatic carbocycles. The van der Waals surface area contributed by atoms with Crippen LogP contribution >= 0.6 is 0 Å². The molecule has 1 amide bonds. The van der Waals surface area contributed by atoms with Crippen molar-refractivity contribution in [2.75, 3.05) is 30.4 Å². The van der Waals surface area contributed by atoms with E-state index >= 15 is 0 Å². The van der Waals surface area contributed by atoms with Crippen molar-refractivity contribution in [1.29, 1.82) is 0 Å². The van der Waals surface area contributed by atoms with Crippen molar-refractivity contribution >= 4 is 23.4 Å². The summed E-state index contributed by atoms with van der Waals surface area (Å²) in [6.45, 7) is 0.699. The highest BCUT2D eigenvalue weighted by atomic mass is 16.3. The Balaban J connectivity index is 1.77. The highest BCUT2D eigenvalue weighted by Crippen LogP contribution is 2.17. The highest BCUT2D eigenvalue weighted by Gasteiger charge is 2.03. The van der Waals surface area contributed by atoms with Crippen molar-refractivity contribution in [1.82, 2.24) is 0 Å². The third-order valence-electron chi connectivity index (χ3n) is 3.68. The second kappa shape index (κ2) is 9.53. The fraction of sp³-hybridized carbons (Fsp3) is 0.250. The van der Waals surface area contributed by atoms with Crippen molar-refractivity contribution in [3.63, 3.8) is 0 Å². The average molecular weight is 324 g/mol. The first kappa shape index (κ1) is 17.8. The molecule has 0 aliphatic rings. The van der Waals surface area contributed by atoms with Gasteiger partial charge >= 0.3 is 0 Å². The minimum atomic E-state index is 0.00387. The van der Waals surface area contributed by atoms with Crippen LogP contribution in [-0.4, -0.2) is 31.2 Å². The van der Waals surface area contributed by atoms with E-state index < -0.39 is 0 Å². The van der Waals surface area contributed by atoms with Gasteiger partial charge in [0.1, 0.15) is 0 Å². The molecule has 0 heterocycles. The van der Waals surface area contributed by atoms with Crippen LogP contribution < -0.4 is 10.2 Å². The molecule has 0 unspecified atom stereocenters. The van der Waals surface area contributed by atoms with E-state index in [1.807, 2.05) is 78.7 Å². The largest absolute Gasteiger partial charge is 0.395 e. The number of allylic oxidation sites excluding steroid dienone is 1. The van der Waals surface area contributed by atoms with Crippen LogP contribution in [0.1, 0.15) is 18.4 Å². The van der Waals surface area contributed by atoms with Gasteiger partial charge in [-0.25, -0.2) is 0 Å². The molecule has 0 radical (unpaired) electrons. The highest BCUT2D eigenvalue weighted by molar-refractivity contribution is 5.91. The molecular formula is C20H24N2O2. The predicted octanol–water partition coefficient (Wildman–Crippen LogP) is 3.55. The predicted molar refractivity (Wildman–Crippen MR) is 100 cm³/mol. The molecule has 0 saturated carbocycles. The summed E-state index contributed by atoms with van der Waals surface area (Å²) in [6.07, 6.45) is 5.20. The fourth-order valence-electron chi connectivity index (χ4n) is 2.30. The number of rotatable bonds is 8. The number of anilines is 2. The van der Waals surface area contributed by atoms with E-state index in [4.69, 9.17) is 5.11 Å². The molecule has 0 spiro atoms. The molecule has 24 heavy (non-hydrogen) atoms. The maximum atomic E-state index is 12.0. The molecule has 2 aromatic rings. The Morgan fingerprint density at radius 2 is 1.83 bits per heavy atom. The molecule has 0 fully saturated rings. The monoisotopic (exact) mass is 324 g/mol. The second-order valence-electron chi connectivity index (χ2n) is 5.59. The first-order chi connectivity index (χ1) is 11.7. The number of nitrogens with one attached hydrogen (secondary N) is 1. The standard InChI is InChI=1S/C20H24N2O2/c1-22(15-16-23)19-13-11-18(12-14-19)21-20(24)10-6-5-9-17-7-3-2-4-8-17/h2-5,7-9,11-14,23H,6,10,15-16H2,1H3,(H,21,24)/b9-5+. The van der Waals surface area contributed by atoms with Crippen LogP contribution in [0.15, 0.2) is 60.7 Å². The average Bonchev–Trinajstić information content (AvgIpc) is 2.60. The Hall–Kier alpha value is -2.59. The summed E-state index contributed by atoms with van der Waals surface area (Å²) in [5.41, 5.74) is 2.93. The number of nitrogens with zero attached hydrogens (tertiary/aromatic N) is 1. The number of carbonyl (C=O) groups excluding carboxylic acids is 1. The first-order valence-electron chi connectivity index (χ1n) is 8.12. The maximum absolute atomic E-state index is 12.0. The van der Waals surface area contributed by atoms with E-state index in [-0.39, 0.29) is 12.5 Å². The van der Waals surface area contributed by atoms with Gasteiger partial charge in [0.25, 0.3) is 0 Å². The second-order valence-corrected chi connectivity index (χ2v) is 5.59. The molecular weight excluding hydrogens is 300 g/mol. The van der Waals surface area contributed by atoms with Crippen LogP contribution in [0.3, 0.4) is 0 Å². The van der Waals surface area contributed by atoms with E-state index in [1.165, 1.54) is 0 Å². The third kappa shape index (κ3) is 5.89. The molecule has 4 heteroatoms. The summed E-state index contributed by atoms with van der Waals surface area (Å²) in [7, 11) is 1.92. The third-order valence-corrected chi connectivity index (χ3v) is 3.68. The van der Waals surface area contributed by atoms with E-state index in [1.54, 1.807) is 0 Å². The number of hydrogen-bond donors (Lipinski definition) is 2. The van der Waals surface area contributed by atoms with Crippen molar-refractivity contribution in [3.8, 4) is 0 Å². The topological polar surface area (TPSA) is 52.6 Å². The van der Waals surface area contributed by atoms with Crippen molar-refractivity contribution in [2.45, 2.75) is 12.8 Å². The molecule has 126 valence electrons. The fourth-order valence-corrected chi connectivity index (χ4v) is 2.30. The van der Waals surface area contributed by atoms with Crippen LogP contribution in [0, 0.1) is 0 Å². The zero-order valence-corrected chi connectivity index (χ0v) is 14.0. The first-order valence-corrected chi connectivity index (χ1v) is 8.12. The minimum Gasteiger partial charge on any atom is -0.395 e. The van der Waals surface area contributed by atoms with Gasteiger partial charge in [-0.3, -0.25) is 4.79 Å². The Bertz CT molecular complexity index is 651. The SMILES string of the molecule is CN(CCO)c1ccc(NC(=O)CC/C=C/c2ccccc2)cc1. The number of benzene rings is 2. The van der Waals surface area contributed by atoms with Crippen molar-refractivity contribution in [3.05, 3.63) is 66.2 Å². The van der Waals surface area contributed by atoms with Gasteiger partial charge in [0, 0.05) is 31.4 Å². The van der Waals surface area contributed by atoms with Crippen LogP contribution in [0.4, 0.5) is 11.4 Å². The molecule has 0 bridgehead atoms. The number of amides is 1. The molecule has 2 N–H and O–H groups in total. The van der Waals surface area contributed by atoms with Gasteiger partial charge in [-0.05, 0) is 36.2 Å². The van der Waals surface area contributed by atoms with Crippen molar-refractivity contribution in [2.24, 2.45) is 0 Å². The summed E-state index contributed by atoms with van der Waals surface area (Å²) in [6, 6.07) is 17.7. The lowest BCUT2D eigenvalue weighted by Crippen LogP contribution is -2.21. The van der Waals surface area contributed by atoms with E-state index in [0.717, 1.165) is 16.9 Å². The van der Waals surface area contributed by atoms with Gasteiger partial charge in [-0.15, -0.1) is 0 Å². The summed E-state index contributed by atoms with van der Waals surface area (Å²) >= 11 is 0. The molecule has 2 rings (SSSR count). The summed E-state index contributed by atoms with van der Waals surface area (Å²) in [5, 5.41) is 11.8. The molecule has 4 nitrogen and oxygen atoms in total. The Morgan fingerprint density at radius 3 is 2.50 bits per heavy atom. The number of likely N-dealkylation sites (N-methyl/N-ethyl adjacent to an activating group) is 1. The molecule has 0 aliphatic heterocycles. The lowest BCUT2D eigenvalue weighted by Gasteiger charge is -2.18. The van der Waals surface area contributed by atoms with Crippen molar-refractivity contribution < 1.29 is 9.90 Å². The van der Waals surface area contributed by atoms with Gasteiger partial charge in [-0.1, -0.05) is 42.5 Å². The van der Waals surface area contributed by atoms with Crippen LogP contribution in [-0.2, 0) is 4.79 Å². The minimum absolute atomic E-state index is 0.00387. The quantitative estimate of drug-likeness (QED) is 0.781. The number of aliphatic hydroxyl groups is 1. The van der Waals surface area contributed by atoms with E-state index in [0.29, 0.717) is 19.4 Å². The summed E-state index contributed by atoms with van der Waals surface area (Å²) < 4.78 is 0. The maximum Gasteiger partial charge on any atom is 0.224 e. The van der Waals surface area contributed by atoms with Gasteiger partial charge in [0.2, 0.25) is 5.91 Å². The van der Waals surface area contributed by atoms with E-state index in [9.17, 15) is 4.79 Å².